The van der Waals surface area contributed by atoms with E-state index in [1.807, 2.05) is 0 Å². The molecule has 4 nitrogen and oxygen atoms in total. The Kier molecular flexibility index (Phi) is 4.55. The van der Waals surface area contributed by atoms with Gasteiger partial charge < -0.3 is 9.47 Å². The minimum Gasteiger partial charge on any atom is -0.461 e. The molecule has 5 atom stereocenters. The van der Waals surface area contributed by atoms with Crippen molar-refractivity contribution in [2.24, 2.45) is 29.1 Å². The van der Waals surface area contributed by atoms with Crippen LogP contribution in [0.2, 0.25) is 0 Å². The molecule has 0 aromatic heterocycles. The molecule has 2 fully saturated rings. The number of halogens is 2. The minimum atomic E-state index is -0.563. The van der Waals surface area contributed by atoms with Gasteiger partial charge in [0.2, 0.25) is 0 Å². The van der Waals surface area contributed by atoms with Crippen LogP contribution in [0.5, 0.6) is 0 Å². The Morgan fingerprint density at radius 3 is 2.35 bits per heavy atom. The summed E-state index contributed by atoms with van der Waals surface area (Å²) < 4.78 is 10.6. The van der Waals surface area contributed by atoms with Crippen molar-refractivity contribution in [1.29, 1.82) is 0 Å². The lowest BCUT2D eigenvalue weighted by Gasteiger charge is -2.45. The fraction of sp³-hybridized carbons (Fsp3) is 0.857. The number of esters is 2. The first-order valence-corrected chi connectivity index (χ1v) is 7.87. The zero-order chi connectivity index (χ0) is 15.1. The molecular weight excluding hydrogens is 303 g/mol. The lowest BCUT2D eigenvalue weighted by Crippen LogP contribution is -2.52. The Morgan fingerprint density at radius 2 is 1.85 bits per heavy atom. The van der Waals surface area contributed by atoms with E-state index in [9.17, 15) is 9.59 Å². The number of fused-ring (bicyclic) bond motifs is 1. The zero-order valence-electron chi connectivity index (χ0n) is 11.9. The molecule has 0 aromatic rings. The summed E-state index contributed by atoms with van der Waals surface area (Å²) in [6, 6.07) is 0. The van der Waals surface area contributed by atoms with Crippen LogP contribution in [0.4, 0.5) is 0 Å². The first-order chi connectivity index (χ1) is 9.31. The second kappa shape index (κ2) is 5.72. The summed E-state index contributed by atoms with van der Waals surface area (Å²) >= 11 is 11.9. The molecule has 0 amide bonds. The van der Waals surface area contributed by atoms with Crippen molar-refractivity contribution in [3.05, 3.63) is 0 Å². The summed E-state index contributed by atoms with van der Waals surface area (Å²) in [6.07, 6.45) is -0.387. The second-order valence-corrected chi connectivity index (χ2v) is 7.18. The Labute approximate surface area is 129 Å². The van der Waals surface area contributed by atoms with Crippen molar-refractivity contribution in [2.75, 3.05) is 18.4 Å². The van der Waals surface area contributed by atoms with Crippen LogP contribution in [-0.2, 0) is 19.1 Å². The van der Waals surface area contributed by atoms with E-state index in [0.717, 1.165) is 0 Å². The van der Waals surface area contributed by atoms with Crippen LogP contribution >= 0.6 is 23.2 Å². The lowest BCUT2D eigenvalue weighted by atomic mass is 9.57. The van der Waals surface area contributed by atoms with Crippen LogP contribution in [0, 0.1) is 29.1 Å². The van der Waals surface area contributed by atoms with Crippen molar-refractivity contribution < 1.29 is 19.1 Å². The van der Waals surface area contributed by atoms with Crippen molar-refractivity contribution in [3.8, 4) is 0 Å². The zero-order valence-corrected chi connectivity index (χ0v) is 13.4. The molecule has 1 aliphatic carbocycles. The number of carbonyl (C=O) groups excluding carboxylic acids is 2. The van der Waals surface area contributed by atoms with Gasteiger partial charge in [-0.3, -0.25) is 9.59 Å². The SMILES string of the molecule is CC(C)(C)C(=O)OC[C@H]1OC(=O)[C@@H]2[C@H](CCl)[C@H](CCl)[C@@H]21. The van der Waals surface area contributed by atoms with Gasteiger partial charge >= 0.3 is 11.9 Å². The highest BCUT2D eigenvalue weighted by atomic mass is 35.5. The molecule has 114 valence electrons. The summed E-state index contributed by atoms with van der Waals surface area (Å²) in [5, 5.41) is 0. The van der Waals surface area contributed by atoms with Crippen molar-refractivity contribution >= 4 is 35.1 Å². The summed E-state index contributed by atoms with van der Waals surface area (Å²) in [7, 11) is 0. The maximum Gasteiger partial charge on any atom is 0.311 e. The average molecular weight is 323 g/mol. The molecule has 2 rings (SSSR count). The number of cyclic esters (lactones) is 1. The highest BCUT2D eigenvalue weighted by Crippen LogP contribution is 2.54. The summed E-state index contributed by atoms with van der Waals surface area (Å²) in [6.45, 7) is 5.46. The molecule has 1 saturated carbocycles. The molecule has 1 saturated heterocycles. The van der Waals surface area contributed by atoms with Crippen molar-refractivity contribution in [1.82, 2.24) is 0 Å². The minimum absolute atomic E-state index is 0.0246. The maximum absolute atomic E-state index is 11.9. The molecule has 0 N–H and O–H groups in total. The molecule has 20 heavy (non-hydrogen) atoms. The first kappa shape index (κ1) is 15.9. The number of hydrogen-bond donors (Lipinski definition) is 0. The topological polar surface area (TPSA) is 52.6 Å². The number of ether oxygens (including phenoxy) is 2. The molecule has 2 aliphatic rings. The molecule has 1 aliphatic heterocycles. The quantitative estimate of drug-likeness (QED) is 0.589. The van der Waals surface area contributed by atoms with Crippen molar-refractivity contribution in [2.45, 2.75) is 26.9 Å². The predicted molar refractivity (Wildman–Crippen MR) is 75.7 cm³/mol. The van der Waals surface area contributed by atoms with Crippen LogP contribution in [0.3, 0.4) is 0 Å². The Bertz CT molecular complexity index is 404. The van der Waals surface area contributed by atoms with Gasteiger partial charge in [0.1, 0.15) is 12.7 Å². The van der Waals surface area contributed by atoms with Crippen LogP contribution in [0.15, 0.2) is 0 Å². The van der Waals surface area contributed by atoms with Gasteiger partial charge in [-0.2, -0.15) is 0 Å². The van der Waals surface area contributed by atoms with Gasteiger partial charge in [-0.1, -0.05) is 0 Å². The molecule has 0 bridgehead atoms. The Hall–Kier alpha value is -0.480. The van der Waals surface area contributed by atoms with Crippen LogP contribution in [0.25, 0.3) is 0 Å². The van der Waals surface area contributed by atoms with E-state index in [1.165, 1.54) is 0 Å². The third-order valence-electron chi connectivity index (χ3n) is 4.24. The maximum atomic E-state index is 11.9. The Morgan fingerprint density at radius 1 is 1.25 bits per heavy atom. The smallest absolute Gasteiger partial charge is 0.311 e. The van der Waals surface area contributed by atoms with Gasteiger partial charge in [-0.25, -0.2) is 0 Å². The van der Waals surface area contributed by atoms with Gasteiger partial charge in [0.15, 0.2) is 0 Å². The highest BCUT2D eigenvalue weighted by Gasteiger charge is 2.62. The van der Waals surface area contributed by atoms with Crippen LogP contribution in [-0.4, -0.2) is 36.4 Å². The van der Waals surface area contributed by atoms with E-state index < -0.39 is 5.41 Å². The molecule has 1 heterocycles. The molecule has 0 radical (unpaired) electrons. The molecular formula is C14H20Cl2O4. The van der Waals surface area contributed by atoms with Gasteiger partial charge in [0.05, 0.1) is 11.3 Å². The monoisotopic (exact) mass is 322 g/mol. The van der Waals surface area contributed by atoms with Gasteiger partial charge in [-0.15, -0.1) is 23.2 Å². The Balaban J connectivity index is 1.97. The average Bonchev–Trinajstić information content (AvgIpc) is 2.59. The number of alkyl halides is 2. The van der Waals surface area contributed by atoms with E-state index >= 15 is 0 Å². The van der Waals surface area contributed by atoms with E-state index in [1.54, 1.807) is 20.8 Å². The largest absolute Gasteiger partial charge is 0.461 e. The normalized spacial score (nSPS) is 36.0. The van der Waals surface area contributed by atoms with Crippen LogP contribution in [0.1, 0.15) is 20.8 Å². The van der Waals surface area contributed by atoms with Gasteiger partial charge in [-0.05, 0) is 32.6 Å². The fourth-order valence-electron chi connectivity index (χ4n) is 3.05. The van der Waals surface area contributed by atoms with E-state index in [4.69, 9.17) is 32.7 Å². The number of hydrogen-bond acceptors (Lipinski definition) is 4. The molecule has 0 unspecified atom stereocenters. The van der Waals surface area contributed by atoms with E-state index in [0.29, 0.717) is 11.8 Å². The first-order valence-electron chi connectivity index (χ1n) is 6.81. The van der Waals surface area contributed by atoms with Crippen LogP contribution < -0.4 is 0 Å². The second-order valence-electron chi connectivity index (χ2n) is 6.56. The summed E-state index contributed by atoms with van der Waals surface area (Å²) in [5.74, 6) is 0.387. The standard InChI is InChI=1S/C14H20Cl2O4/c1-14(2,3)13(18)19-6-9-10-7(4-15)8(5-16)11(10)12(17)20-9/h7-11H,4-6H2,1-3H3/t7-,8+,9+,10+,11+/m0/s1. The molecule has 0 aromatic carbocycles. The van der Waals surface area contributed by atoms with Gasteiger partial charge in [0.25, 0.3) is 0 Å². The summed E-state index contributed by atoms with van der Waals surface area (Å²) in [4.78, 5) is 23.6. The predicted octanol–water partition coefficient (Wildman–Crippen LogP) is 2.46. The number of carbonyl (C=O) groups is 2. The summed E-state index contributed by atoms with van der Waals surface area (Å²) in [5.41, 5.74) is -0.563. The molecule has 0 spiro atoms. The number of rotatable bonds is 4. The van der Waals surface area contributed by atoms with E-state index in [2.05, 4.69) is 0 Å². The third kappa shape index (κ3) is 2.64. The van der Waals surface area contributed by atoms with Gasteiger partial charge in [0, 0.05) is 17.7 Å². The van der Waals surface area contributed by atoms with Crippen molar-refractivity contribution in [3.63, 3.8) is 0 Å². The highest BCUT2D eigenvalue weighted by molar-refractivity contribution is 6.19. The molecule has 6 heteroatoms. The third-order valence-corrected chi connectivity index (χ3v) is 4.95. The lowest BCUT2D eigenvalue weighted by molar-refractivity contribution is -0.160. The van der Waals surface area contributed by atoms with E-state index in [-0.39, 0.29) is 48.3 Å². The fourth-order valence-corrected chi connectivity index (χ4v) is 3.91.